The predicted molar refractivity (Wildman–Crippen MR) is 77.6 cm³/mol. The quantitative estimate of drug-likeness (QED) is 0.653. The highest BCUT2D eigenvalue weighted by atomic mass is 79.9. The molecule has 0 fully saturated rings. The van der Waals surface area contributed by atoms with E-state index in [1.54, 1.807) is 12.1 Å². The number of aliphatic imine (C=N–C) groups is 1. The van der Waals surface area contributed by atoms with Gasteiger partial charge in [0.15, 0.2) is 0 Å². The van der Waals surface area contributed by atoms with Crippen LogP contribution in [-0.4, -0.2) is 5.17 Å². The van der Waals surface area contributed by atoms with Crippen LogP contribution in [0.25, 0.3) is 0 Å². The molecule has 0 aliphatic heterocycles. The minimum atomic E-state index is 0.458. The number of rotatable bonds is 2. The van der Waals surface area contributed by atoms with Crippen LogP contribution in [0.3, 0.4) is 0 Å². The summed E-state index contributed by atoms with van der Waals surface area (Å²) in [6.07, 6.45) is 0. The number of hydrogen-bond donors (Lipinski definition) is 0. The molecule has 0 aliphatic rings. The molecule has 0 saturated heterocycles. The van der Waals surface area contributed by atoms with Gasteiger partial charge in [0.1, 0.15) is 5.17 Å². The first-order valence-electron chi connectivity index (χ1n) is 4.91. The Kier molecular flexibility index (Phi) is 4.21. The van der Waals surface area contributed by atoms with Crippen molar-refractivity contribution in [3.63, 3.8) is 0 Å². The molecular weight excluding hydrogens is 321 g/mol. The lowest BCUT2D eigenvalue weighted by Gasteiger charge is -1.99. The van der Waals surface area contributed by atoms with Gasteiger partial charge in [-0.1, -0.05) is 51.3 Å². The molecule has 0 aliphatic carbocycles. The smallest absolute Gasteiger partial charge is 0.136 e. The second-order valence-electron chi connectivity index (χ2n) is 3.39. The average molecular weight is 329 g/mol. The molecule has 0 N–H and O–H groups in total. The fourth-order valence-corrected chi connectivity index (χ4v) is 1.89. The molecule has 17 heavy (non-hydrogen) atoms. The molecule has 4 heteroatoms. The molecule has 0 aromatic heterocycles. The van der Waals surface area contributed by atoms with Crippen LogP contribution in [0.4, 0.5) is 5.69 Å². The maximum absolute atomic E-state index is 6.13. The van der Waals surface area contributed by atoms with E-state index in [0.717, 1.165) is 15.7 Å². The van der Waals surface area contributed by atoms with Gasteiger partial charge in [0, 0.05) is 15.1 Å². The van der Waals surface area contributed by atoms with Gasteiger partial charge in [-0.15, -0.1) is 0 Å². The molecule has 0 spiro atoms. The second kappa shape index (κ2) is 5.67. The van der Waals surface area contributed by atoms with E-state index >= 15 is 0 Å². The molecule has 0 unspecified atom stereocenters. The summed E-state index contributed by atoms with van der Waals surface area (Å²) in [4.78, 5) is 4.31. The van der Waals surface area contributed by atoms with Crippen molar-refractivity contribution in [2.24, 2.45) is 4.99 Å². The number of benzene rings is 2. The van der Waals surface area contributed by atoms with Crippen LogP contribution < -0.4 is 0 Å². The van der Waals surface area contributed by atoms with Crippen molar-refractivity contribution in [1.29, 1.82) is 0 Å². The summed E-state index contributed by atoms with van der Waals surface area (Å²) in [6, 6.07) is 14.9. The maximum atomic E-state index is 6.13. The number of hydrogen-bond acceptors (Lipinski definition) is 1. The minimum absolute atomic E-state index is 0.458. The summed E-state index contributed by atoms with van der Waals surface area (Å²) >= 11 is 15.3. The van der Waals surface area contributed by atoms with Gasteiger partial charge >= 0.3 is 0 Å². The third-order valence-electron chi connectivity index (χ3n) is 2.14. The van der Waals surface area contributed by atoms with Crippen LogP contribution >= 0.6 is 39.1 Å². The van der Waals surface area contributed by atoms with Crippen molar-refractivity contribution in [3.05, 3.63) is 63.6 Å². The Morgan fingerprint density at radius 3 is 2.12 bits per heavy atom. The van der Waals surface area contributed by atoms with Crippen molar-refractivity contribution < 1.29 is 0 Å². The zero-order valence-electron chi connectivity index (χ0n) is 8.70. The molecule has 0 heterocycles. The molecular formula is C13H8BrCl2N. The Labute approximate surface area is 118 Å². The van der Waals surface area contributed by atoms with Crippen LogP contribution in [0.2, 0.25) is 5.02 Å². The summed E-state index contributed by atoms with van der Waals surface area (Å²) < 4.78 is 1.01. The third kappa shape index (κ3) is 3.56. The molecule has 1 nitrogen and oxygen atoms in total. The summed E-state index contributed by atoms with van der Waals surface area (Å²) in [6.45, 7) is 0. The first-order valence-corrected chi connectivity index (χ1v) is 6.46. The SMILES string of the molecule is Cl/C(=N/c1ccc(Cl)cc1)c1ccc(Br)cc1. The van der Waals surface area contributed by atoms with Crippen LogP contribution in [0.15, 0.2) is 58.0 Å². The van der Waals surface area contributed by atoms with E-state index in [2.05, 4.69) is 20.9 Å². The fraction of sp³-hybridized carbons (Fsp3) is 0. The largest absolute Gasteiger partial charge is 0.236 e. The summed E-state index contributed by atoms with van der Waals surface area (Å²) in [5.41, 5.74) is 1.66. The molecule has 0 amide bonds. The van der Waals surface area contributed by atoms with E-state index in [0.29, 0.717) is 10.2 Å². The fourth-order valence-electron chi connectivity index (χ4n) is 1.28. The second-order valence-corrected chi connectivity index (χ2v) is 5.10. The highest BCUT2D eigenvalue weighted by molar-refractivity contribution is 9.10. The third-order valence-corrected chi connectivity index (χ3v) is 3.22. The van der Waals surface area contributed by atoms with Gasteiger partial charge in [-0.25, -0.2) is 4.99 Å². The summed E-state index contributed by atoms with van der Waals surface area (Å²) in [7, 11) is 0. The summed E-state index contributed by atoms with van der Waals surface area (Å²) in [5, 5.41) is 1.14. The normalized spacial score (nSPS) is 11.6. The average Bonchev–Trinajstić information content (AvgIpc) is 2.33. The van der Waals surface area contributed by atoms with Crippen molar-refractivity contribution in [2.75, 3.05) is 0 Å². The van der Waals surface area contributed by atoms with Gasteiger partial charge in [0.2, 0.25) is 0 Å². The molecule has 0 saturated carbocycles. The van der Waals surface area contributed by atoms with Crippen LogP contribution in [0.1, 0.15) is 5.56 Å². The minimum Gasteiger partial charge on any atom is -0.236 e. The van der Waals surface area contributed by atoms with Gasteiger partial charge in [-0.05, 0) is 36.4 Å². The molecule has 0 radical (unpaired) electrons. The van der Waals surface area contributed by atoms with Crippen LogP contribution in [0.5, 0.6) is 0 Å². The molecule has 2 rings (SSSR count). The highest BCUT2D eigenvalue weighted by Crippen LogP contribution is 2.19. The van der Waals surface area contributed by atoms with Crippen LogP contribution in [0, 0.1) is 0 Å². The Balaban J connectivity index is 2.27. The lowest BCUT2D eigenvalue weighted by molar-refractivity contribution is 1.51. The van der Waals surface area contributed by atoms with Gasteiger partial charge in [0.05, 0.1) is 5.69 Å². The van der Waals surface area contributed by atoms with Crippen LogP contribution in [-0.2, 0) is 0 Å². The van der Waals surface area contributed by atoms with Crippen molar-refractivity contribution in [2.45, 2.75) is 0 Å². The molecule has 86 valence electrons. The zero-order chi connectivity index (χ0) is 12.3. The van der Waals surface area contributed by atoms with Crippen molar-refractivity contribution >= 4 is 50.0 Å². The van der Waals surface area contributed by atoms with Gasteiger partial charge in [0.25, 0.3) is 0 Å². The van der Waals surface area contributed by atoms with Gasteiger partial charge < -0.3 is 0 Å². The predicted octanol–water partition coefficient (Wildman–Crippen LogP) is 5.42. The van der Waals surface area contributed by atoms with Gasteiger partial charge in [-0.3, -0.25) is 0 Å². The molecule has 0 atom stereocenters. The summed E-state index contributed by atoms with van der Waals surface area (Å²) in [5.74, 6) is 0. The van der Waals surface area contributed by atoms with E-state index < -0.39 is 0 Å². The van der Waals surface area contributed by atoms with E-state index in [9.17, 15) is 0 Å². The highest BCUT2D eigenvalue weighted by Gasteiger charge is 2.00. The topological polar surface area (TPSA) is 12.4 Å². The molecule has 2 aromatic carbocycles. The zero-order valence-corrected chi connectivity index (χ0v) is 11.8. The maximum Gasteiger partial charge on any atom is 0.136 e. The molecule has 2 aromatic rings. The monoisotopic (exact) mass is 327 g/mol. The number of nitrogens with zero attached hydrogens (tertiary/aromatic N) is 1. The van der Waals surface area contributed by atoms with Crippen molar-refractivity contribution in [3.8, 4) is 0 Å². The Morgan fingerprint density at radius 2 is 1.53 bits per heavy atom. The van der Waals surface area contributed by atoms with E-state index in [4.69, 9.17) is 23.2 Å². The molecule has 0 bridgehead atoms. The lowest BCUT2D eigenvalue weighted by Crippen LogP contribution is -1.89. The first kappa shape index (κ1) is 12.6. The Hall–Kier alpha value is -0.830. The van der Waals surface area contributed by atoms with E-state index in [1.807, 2.05) is 36.4 Å². The Morgan fingerprint density at radius 1 is 0.941 bits per heavy atom. The van der Waals surface area contributed by atoms with Crippen molar-refractivity contribution in [1.82, 2.24) is 0 Å². The Bertz CT molecular complexity index is 532. The lowest BCUT2D eigenvalue weighted by atomic mass is 10.2. The standard InChI is InChI=1S/C13H8BrCl2N/c14-10-3-1-9(2-4-10)13(16)17-12-7-5-11(15)6-8-12/h1-8H/b17-13+. The first-order chi connectivity index (χ1) is 8.15. The van der Waals surface area contributed by atoms with E-state index in [1.165, 1.54) is 0 Å². The van der Waals surface area contributed by atoms with Gasteiger partial charge in [-0.2, -0.15) is 0 Å². The number of halogens is 3. The van der Waals surface area contributed by atoms with E-state index in [-0.39, 0.29) is 0 Å².